The van der Waals surface area contributed by atoms with Crippen molar-refractivity contribution >= 4 is 27.3 Å². The molecule has 0 spiro atoms. The van der Waals surface area contributed by atoms with E-state index in [1.807, 2.05) is 12.2 Å². The Balaban J connectivity index is 2.24. The molecule has 98 valence electrons. The standard InChI is InChI=1S/C11H13NO4S2/c1-7-6-9(17-10(7)11(13)14)18(15,16)12-8-4-2-3-5-8/h2-3,6,8,12H,4-5H2,1H3,(H,13,14). The van der Waals surface area contributed by atoms with Gasteiger partial charge < -0.3 is 5.11 Å². The molecular weight excluding hydrogens is 274 g/mol. The fourth-order valence-electron chi connectivity index (χ4n) is 1.79. The van der Waals surface area contributed by atoms with Crippen molar-refractivity contribution in [3.8, 4) is 0 Å². The highest BCUT2D eigenvalue weighted by molar-refractivity contribution is 7.91. The lowest BCUT2D eigenvalue weighted by molar-refractivity contribution is 0.0701. The summed E-state index contributed by atoms with van der Waals surface area (Å²) in [6.07, 6.45) is 5.20. The topological polar surface area (TPSA) is 83.5 Å². The molecule has 0 aliphatic heterocycles. The zero-order valence-corrected chi connectivity index (χ0v) is 11.3. The van der Waals surface area contributed by atoms with Gasteiger partial charge in [-0.05, 0) is 31.4 Å². The molecule has 0 saturated heterocycles. The van der Waals surface area contributed by atoms with Gasteiger partial charge in [-0.25, -0.2) is 17.9 Å². The van der Waals surface area contributed by atoms with Crippen LogP contribution in [0.25, 0.3) is 0 Å². The molecule has 2 N–H and O–H groups in total. The molecule has 1 aromatic rings. The summed E-state index contributed by atoms with van der Waals surface area (Å²) in [6, 6.07) is 1.28. The summed E-state index contributed by atoms with van der Waals surface area (Å²) in [7, 11) is -3.61. The minimum atomic E-state index is -3.61. The molecule has 1 aliphatic rings. The Morgan fingerprint density at radius 2 is 2.06 bits per heavy atom. The predicted octanol–water partition coefficient (Wildman–Crippen LogP) is 1.75. The largest absolute Gasteiger partial charge is 0.477 e. The number of carboxylic acid groups (broad SMARTS) is 1. The number of aromatic carboxylic acids is 1. The van der Waals surface area contributed by atoms with Crippen LogP contribution in [0, 0.1) is 6.92 Å². The van der Waals surface area contributed by atoms with Gasteiger partial charge in [0.25, 0.3) is 0 Å². The van der Waals surface area contributed by atoms with Gasteiger partial charge in [0, 0.05) is 6.04 Å². The third-order valence-electron chi connectivity index (χ3n) is 2.68. The van der Waals surface area contributed by atoms with E-state index in [1.165, 1.54) is 6.07 Å². The molecule has 0 bridgehead atoms. The quantitative estimate of drug-likeness (QED) is 0.826. The van der Waals surface area contributed by atoms with Crippen LogP contribution >= 0.6 is 11.3 Å². The van der Waals surface area contributed by atoms with Crippen LogP contribution in [0.1, 0.15) is 28.1 Å². The second-order valence-corrected chi connectivity index (χ2v) is 7.14. The van der Waals surface area contributed by atoms with E-state index >= 15 is 0 Å². The molecule has 18 heavy (non-hydrogen) atoms. The van der Waals surface area contributed by atoms with Gasteiger partial charge in [0.15, 0.2) is 0 Å². The lowest BCUT2D eigenvalue weighted by atomic mass is 10.3. The molecule has 7 heteroatoms. The number of aryl methyl sites for hydroxylation is 1. The van der Waals surface area contributed by atoms with E-state index < -0.39 is 16.0 Å². The smallest absolute Gasteiger partial charge is 0.346 e. The Labute approximate surface area is 109 Å². The number of hydrogen-bond donors (Lipinski definition) is 2. The number of carbonyl (C=O) groups is 1. The molecule has 0 unspecified atom stereocenters. The Morgan fingerprint density at radius 3 is 2.56 bits per heavy atom. The van der Waals surface area contributed by atoms with Crippen molar-refractivity contribution in [3.05, 3.63) is 28.7 Å². The van der Waals surface area contributed by atoms with E-state index in [0.29, 0.717) is 18.4 Å². The normalized spacial score (nSPS) is 16.3. The van der Waals surface area contributed by atoms with Gasteiger partial charge in [-0.15, -0.1) is 11.3 Å². The van der Waals surface area contributed by atoms with Gasteiger partial charge >= 0.3 is 5.97 Å². The first-order chi connectivity index (χ1) is 8.40. The molecule has 2 rings (SSSR count). The Hall–Kier alpha value is -1.18. The highest BCUT2D eigenvalue weighted by atomic mass is 32.2. The zero-order valence-electron chi connectivity index (χ0n) is 9.71. The molecule has 1 aromatic heterocycles. The second-order valence-electron chi connectivity index (χ2n) is 4.14. The lowest BCUT2D eigenvalue weighted by Gasteiger charge is -2.10. The van der Waals surface area contributed by atoms with E-state index in [2.05, 4.69) is 4.72 Å². The maximum Gasteiger partial charge on any atom is 0.346 e. The van der Waals surface area contributed by atoms with Crippen LogP contribution < -0.4 is 4.72 Å². The monoisotopic (exact) mass is 287 g/mol. The fourth-order valence-corrected chi connectivity index (χ4v) is 4.45. The number of hydrogen-bond acceptors (Lipinski definition) is 4. The predicted molar refractivity (Wildman–Crippen MR) is 68.5 cm³/mol. The van der Waals surface area contributed by atoms with Gasteiger partial charge in [0.05, 0.1) is 0 Å². The number of carboxylic acids is 1. The summed E-state index contributed by atoms with van der Waals surface area (Å²) < 4.78 is 26.7. The Bertz CT molecular complexity index is 593. The summed E-state index contributed by atoms with van der Waals surface area (Å²) in [4.78, 5) is 11.0. The van der Waals surface area contributed by atoms with E-state index in [0.717, 1.165) is 11.3 Å². The molecule has 5 nitrogen and oxygen atoms in total. The van der Waals surface area contributed by atoms with Crippen LogP contribution in [-0.2, 0) is 10.0 Å². The molecule has 0 aromatic carbocycles. The number of thiophene rings is 1. The molecule has 0 fully saturated rings. The summed E-state index contributed by atoms with van der Waals surface area (Å²) in [5, 5.41) is 8.91. The van der Waals surface area contributed by atoms with Crippen molar-refractivity contribution in [2.75, 3.05) is 0 Å². The first kappa shape index (κ1) is 13.3. The van der Waals surface area contributed by atoms with Crippen molar-refractivity contribution in [3.63, 3.8) is 0 Å². The van der Waals surface area contributed by atoms with Crippen LogP contribution in [-0.4, -0.2) is 25.5 Å². The SMILES string of the molecule is Cc1cc(S(=O)(=O)NC2CC=CC2)sc1C(=O)O. The van der Waals surface area contributed by atoms with Crippen LogP contribution in [0.2, 0.25) is 0 Å². The summed E-state index contributed by atoms with van der Waals surface area (Å²) in [6.45, 7) is 1.59. The molecule has 0 saturated carbocycles. The van der Waals surface area contributed by atoms with Crippen LogP contribution in [0.4, 0.5) is 0 Å². The molecular formula is C11H13NO4S2. The lowest BCUT2D eigenvalue weighted by Crippen LogP contribution is -2.32. The highest BCUT2D eigenvalue weighted by Crippen LogP contribution is 2.26. The summed E-state index contributed by atoms with van der Waals surface area (Å²) >= 11 is 0.788. The zero-order chi connectivity index (χ0) is 13.3. The van der Waals surface area contributed by atoms with Crippen molar-refractivity contribution in [2.24, 2.45) is 0 Å². The molecule has 0 amide bonds. The second kappa shape index (κ2) is 4.83. The number of sulfonamides is 1. The maximum atomic E-state index is 12.1. The van der Waals surface area contributed by atoms with Crippen molar-refractivity contribution in [1.29, 1.82) is 0 Å². The Kier molecular flexibility index (Phi) is 3.56. The van der Waals surface area contributed by atoms with Crippen molar-refractivity contribution in [1.82, 2.24) is 4.72 Å². The molecule has 0 radical (unpaired) electrons. The van der Waals surface area contributed by atoms with Crippen LogP contribution in [0.3, 0.4) is 0 Å². The average Bonchev–Trinajstić information content (AvgIpc) is 2.86. The fraction of sp³-hybridized carbons (Fsp3) is 0.364. The van der Waals surface area contributed by atoms with Crippen LogP contribution in [0.5, 0.6) is 0 Å². The van der Waals surface area contributed by atoms with Crippen LogP contribution in [0.15, 0.2) is 22.4 Å². The van der Waals surface area contributed by atoms with Gasteiger partial charge in [-0.1, -0.05) is 12.2 Å². The number of rotatable bonds is 4. The minimum absolute atomic E-state index is 0.0595. The van der Waals surface area contributed by atoms with E-state index in [9.17, 15) is 13.2 Å². The van der Waals surface area contributed by atoms with E-state index in [-0.39, 0.29) is 15.1 Å². The average molecular weight is 287 g/mol. The highest BCUT2D eigenvalue weighted by Gasteiger charge is 2.24. The first-order valence-electron chi connectivity index (χ1n) is 5.41. The third kappa shape index (κ3) is 2.63. The van der Waals surface area contributed by atoms with Crippen molar-refractivity contribution < 1.29 is 18.3 Å². The van der Waals surface area contributed by atoms with Gasteiger partial charge in [0.1, 0.15) is 9.09 Å². The summed E-state index contributed by atoms with van der Waals surface area (Å²) in [5.74, 6) is -1.10. The first-order valence-corrected chi connectivity index (χ1v) is 7.71. The Morgan fingerprint density at radius 1 is 1.44 bits per heavy atom. The van der Waals surface area contributed by atoms with E-state index in [4.69, 9.17) is 5.11 Å². The maximum absolute atomic E-state index is 12.1. The third-order valence-corrected chi connectivity index (χ3v) is 5.90. The molecule has 0 atom stereocenters. The summed E-state index contributed by atoms with van der Waals surface area (Å²) in [5.41, 5.74) is 0.470. The number of nitrogens with one attached hydrogen (secondary N) is 1. The van der Waals surface area contributed by atoms with Gasteiger partial charge in [0.2, 0.25) is 10.0 Å². The van der Waals surface area contributed by atoms with E-state index in [1.54, 1.807) is 6.92 Å². The molecule has 1 aliphatic carbocycles. The minimum Gasteiger partial charge on any atom is -0.477 e. The van der Waals surface area contributed by atoms with Crippen molar-refractivity contribution in [2.45, 2.75) is 30.0 Å². The van der Waals surface area contributed by atoms with Gasteiger partial charge in [-0.3, -0.25) is 0 Å². The molecule has 1 heterocycles. The van der Waals surface area contributed by atoms with Gasteiger partial charge in [-0.2, -0.15) is 0 Å².